The Bertz CT molecular complexity index is 1370. The first-order valence-corrected chi connectivity index (χ1v) is 12.4. The summed E-state index contributed by atoms with van der Waals surface area (Å²) in [5, 5.41) is 9.20. The molecule has 3 aromatic rings. The van der Waals surface area contributed by atoms with Gasteiger partial charge in [0.25, 0.3) is 0 Å². The van der Waals surface area contributed by atoms with Gasteiger partial charge in [-0.2, -0.15) is 5.26 Å². The maximum absolute atomic E-state index is 13.7. The van der Waals surface area contributed by atoms with Crippen LogP contribution in [0.1, 0.15) is 48.2 Å². The Kier molecular flexibility index (Phi) is 6.09. The van der Waals surface area contributed by atoms with Crippen LogP contribution >= 0.6 is 0 Å². The number of carbonyl (C=O) groups is 2. The van der Waals surface area contributed by atoms with Gasteiger partial charge < -0.3 is 9.80 Å². The number of benzene rings is 2. The summed E-state index contributed by atoms with van der Waals surface area (Å²) in [6, 6.07) is 19.7. The van der Waals surface area contributed by atoms with Gasteiger partial charge in [-0.25, -0.2) is 0 Å². The van der Waals surface area contributed by atoms with E-state index in [1.165, 1.54) is 16.7 Å². The van der Waals surface area contributed by atoms with Crippen molar-refractivity contribution in [2.24, 2.45) is 5.92 Å². The summed E-state index contributed by atoms with van der Waals surface area (Å²) in [7, 11) is 0. The number of rotatable bonds is 5. The number of fused-ring (bicyclic) bond motifs is 1. The molecule has 36 heavy (non-hydrogen) atoms. The highest BCUT2D eigenvalue weighted by atomic mass is 16.2. The third kappa shape index (κ3) is 4.49. The Morgan fingerprint density at radius 2 is 1.89 bits per heavy atom. The third-order valence-corrected chi connectivity index (χ3v) is 7.34. The van der Waals surface area contributed by atoms with Crippen LogP contribution in [-0.4, -0.2) is 29.9 Å². The molecule has 0 saturated carbocycles. The standard InChI is InChI=1S/C30H30N4O2/c1-20-7-8-22(17-32-20)10-9-21-11-12-27-26(14-21)30(2,3)19-34(27)29(36)24-15-28(35)33(18-24)25-6-4-5-23(13-25)16-31/h4-8,11-14,17,24H,9-10,15,18-19H2,1-3H3/t24-/m0/s1. The minimum atomic E-state index is -0.404. The normalized spacial score (nSPS) is 18.3. The van der Waals surface area contributed by atoms with Crippen molar-refractivity contribution in [2.75, 3.05) is 22.9 Å². The first kappa shape index (κ1) is 23.7. The number of hydrogen-bond donors (Lipinski definition) is 0. The molecule has 1 saturated heterocycles. The second kappa shape index (κ2) is 9.23. The maximum atomic E-state index is 13.7. The van der Waals surface area contributed by atoms with E-state index in [1.54, 1.807) is 23.1 Å². The minimum Gasteiger partial charge on any atom is -0.312 e. The van der Waals surface area contributed by atoms with Crippen molar-refractivity contribution < 1.29 is 9.59 Å². The van der Waals surface area contributed by atoms with Gasteiger partial charge >= 0.3 is 0 Å². The molecule has 2 aliphatic heterocycles. The predicted octanol–water partition coefficient (Wildman–Crippen LogP) is 4.72. The van der Waals surface area contributed by atoms with Gasteiger partial charge in [0.05, 0.1) is 17.6 Å². The first-order valence-electron chi connectivity index (χ1n) is 12.4. The van der Waals surface area contributed by atoms with Crippen LogP contribution in [0.5, 0.6) is 0 Å². The summed E-state index contributed by atoms with van der Waals surface area (Å²) < 4.78 is 0. The molecule has 2 amide bonds. The van der Waals surface area contributed by atoms with Gasteiger partial charge in [0.2, 0.25) is 11.8 Å². The molecule has 0 N–H and O–H groups in total. The number of aryl methyl sites for hydroxylation is 3. The second-order valence-corrected chi connectivity index (χ2v) is 10.5. The van der Waals surface area contributed by atoms with Gasteiger partial charge in [0.15, 0.2) is 0 Å². The molecule has 6 nitrogen and oxygen atoms in total. The van der Waals surface area contributed by atoms with E-state index in [-0.39, 0.29) is 23.7 Å². The van der Waals surface area contributed by atoms with Gasteiger partial charge in [0, 0.05) is 48.2 Å². The lowest BCUT2D eigenvalue weighted by Gasteiger charge is -2.23. The Hall–Kier alpha value is -3.98. The molecule has 2 aliphatic rings. The largest absolute Gasteiger partial charge is 0.312 e. The van der Waals surface area contributed by atoms with Gasteiger partial charge in [-0.3, -0.25) is 14.6 Å². The fourth-order valence-corrected chi connectivity index (χ4v) is 5.30. The Labute approximate surface area is 212 Å². The number of nitriles is 1. The van der Waals surface area contributed by atoms with E-state index in [0.717, 1.165) is 24.2 Å². The molecule has 0 radical (unpaired) electrons. The molecule has 1 fully saturated rings. The average molecular weight is 479 g/mol. The molecule has 3 heterocycles. The highest BCUT2D eigenvalue weighted by molar-refractivity contribution is 6.05. The highest BCUT2D eigenvalue weighted by Crippen LogP contribution is 2.42. The van der Waals surface area contributed by atoms with Crippen molar-refractivity contribution in [3.05, 3.63) is 88.7 Å². The summed E-state index contributed by atoms with van der Waals surface area (Å²) in [6.45, 7) is 7.27. The number of carbonyl (C=O) groups excluding carboxylic acids is 2. The Morgan fingerprint density at radius 1 is 1.11 bits per heavy atom. The molecular weight excluding hydrogens is 448 g/mol. The van der Waals surface area contributed by atoms with E-state index in [2.05, 4.69) is 49.2 Å². The summed E-state index contributed by atoms with van der Waals surface area (Å²) in [5.74, 6) is -0.491. The lowest BCUT2D eigenvalue weighted by molar-refractivity contribution is -0.124. The van der Waals surface area contributed by atoms with E-state index in [0.29, 0.717) is 24.3 Å². The van der Waals surface area contributed by atoms with E-state index in [1.807, 2.05) is 30.2 Å². The molecule has 1 aromatic heterocycles. The van der Waals surface area contributed by atoms with E-state index in [4.69, 9.17) is 0 Å². The fraction of sp³-hybridized carbons (Fsp3) is 0.333. The van der Waals surface area contributed by atoms with Crippen LogP contribution in [0, 0.1) is 24.2 Å². The van der Waals surface area contributed by atoms with Crippen molar-refractivity contribution >= 4 is 23.2 Å². The van der Waals surface area contributed by atoms with Crippen molar-refractivity contribution in [2.45, 2.75) is 45.4 Å². The quantitative estimate of drug-likeness (QED) is 0.531. The average Bonchev–Trinajstić information content (AvgIpc) is 3.40. The van der Waals surface area contributed by atoms with Crippen LogP contribution < -0.4 is 9.80 Å². The van der Waals surface area contributed by atoms with Crippen LogP contribution in [0.3, 0.4) is 0 Å². The van der Waals surface area contributed by atoms with Gasteiger partial charge in [-0.05, 0) is 66.8 Å². The molecule has 0 unspecified atom stereocenters. The highest BCUT2D eigenvalue weighted by Gasteiger charge is 2.43. The summed E-state index contributed by atoms with van der Waals surface area (Å²) in [5.41, 5.74) is 6.61. The zero-order valence-corrected chi connectivity index (χ0v) is 21.0. The molecule has 1 atom stereocenters. The zero-order valence-electron chi connectivity index (χ0n) is 21.0. The number of anilines is 2. The predicted molar refractivity (Wildman–Crippen MR) is 140 cm³/mol. The molecular formula is C30H30N4O2. The minimum absolute atomic E-state index is 0.00686. The SMILES string of the molecule is Cc1ccc(CCc2ccc3c(c2)C(C)(C)CN3C(=O)[C@H]2CC(=O)N(c3cccc(C#N)c3)C2)cn1. The van der Waals surface area contributed by atoms with Crippen LogP contribution in [-0.2, 0) is 27.8 Å². The zero-order chi connectivity index (χ0) is 25.4. The van der Waals surface area contributed by atoms with E-state index < -0.39 is 5.92 Å². The van der Waals surface area contributed by atoms with Crippen LogP contribution in [0.2, 0.25) is 0 Å². The molecule has 5 rings (SSSR count). The number of amides is 2. The number of pyridine rings is 1. The summed E-state index contributed by atoms with van der Waals surface area (Å²) in [4.78, 5) is 34.3. The monoisotopic (exact) mass is 478 g/mol. The van der Waals surface area contributed by atoms with Crippen molar-refractivity contribution in [1.29, 1.82) is 5.26 Å². The molecule has 0 aliphatic carbocycles. The number of nitrogens with zero attached hydrogens (tertiary/aromatic N) is 4. The molecule has 6 heteroatoms. The second-order valence-electron chi connectivity index (χ2n) is 10.5. The smallest absolute Gasteiger partial charge is 0.232 e. The number of aromatic nitrogens is 1. The van der Waals surface area contributed by atoms with Crippen molar-refractivity contribution in [3.63, 3.8) is 0 Å². The lowest BCUT2D eigenvalue weighted by Crippen LogP contribution is -2.39. The van der Waals surface area contributed by atoms with E-state index >= 15 is 0 Å². The number of hydrogen-bond acceptors (Lipinski definition) is 4. The van der Waals surface area contributed by atoms with Gasteiger partial charge in [-0.15, -0.1) is 0 Å². The van der Waals surface area contributed by atoms with E-state index in [9.17, 15) is 14.9 Å². The molecule has 182 valence electrons. The van der Waals surface area contributed by atoms with Gasteiger partial charge in [0.1, 0.15) is 0 Å². The molecule has 2 aromatic carbocycles. The first-order chi connectivity index (χ1) is 17.2. The summed E-state index contributed by atoms with van der Waals surface area (Å²) in [6.07, 6.45) is 3.96. The summed E-state index contributed by atoms with van der Waals surface area (Å²) >= 11 is 0. The fourth-order valence-electron chi connectivity index (χ4n) is 5.30. The van der Waals surface area contributed by atoms with Crippen LogP contribution in [0.15, 0.2) is 60.8 Å². The van der Waals surface area contributed by atoms with Crippen LogP contribution in [0.25, 0.3) is 0 Å². The van der Waals surface area contributed by atoms with Crippen molar-refractivity contribution in [3.8, 4) is 6.07 Å². The lowest BCUT2D eigenvalue weighted by atomic mass is 9.85. The topological polar surface area (TPSA) is 77.3 Å². The van der Waals surface area contributed by atoms with Crippen LogP contribution in [0.4, 0.5) is 11.4 Å². The maximum Gasteiger partial charge on any atom is 0.232 e. The Balaban J connectivity index is 1.32. The van der Waals surface area contributed by atoms with Crippen molar-refractivity contribution in [1.82, 2.24) is 4.98 Å². The molecule has 0 spiro atoms. The Morgan fingerprint density at radius 3 is 2.64 bits per heavy atom. The third-order valence-electron chi connectivity index (χ3n) is 7.34. The van der Waals surface area contributed by atoms with Gasteiger partial charge in [-0.1, -0.05) is 38.1 Å². The molecule has 0 bridgehead atoms.